The molecule has 2 heterocycles. The molecule has 0 N–H and O–H groups in total. The van der Waals surface area contributed by atoms with Crippen molar-refractivity contribution >= 4 is 11.7 Å². The average Bonchev–Trinajstić information content (AvgIpc) is 3.53. The van der Waals surface area contributed by atoms with Gasteiger partial charge in [0.2, 0.25) is 0 Å². The van der Waals surface area contributed by atoms with Crippen LogP contribution in [0.3, 0.4) is 0 Å². The number of nitrogens with zero attached hydrogens (tertiary/aromatic N) is 4. The van der Waals surface area contributed by atoms with Crippen LogP contribution in [0, 0.1) is 0 Å². The number of aromatic nitrogens is 2. The van der Waals surface area contributed by atoms with Gasteiger partial charge in [-0.3, -0.25) is 4.79 Å². The Labute approximate surface area is 160 Å². The largest absolute Gasteiger partial charge is 0.491 e. The van der Waals surface area contributed by atoms with Crippen LogP contribution in [0.1, 0.15) is 48.7 Å². The summed E-state index contributed by atoms with van der Waals surface area (Å²) in [7, 11) is 0. The summed E-state index contributed by atoms with van der Waals surface area (Å²) >= 11 is 0. The summed E-state index contributed by atoms with van der Waals surface area (Å²) in [5.41, 5.74) is 1.81. The van der Waals surface area contributed by atoms with Crippen molar-refractivity contribution in [2.24, 2.45) is 0 Å². The first-order valence-electron chi connectivity index (χ1n) is 9.75. The molecule has 1 aromatic carbocycles. The van der Waals surface area contributed by atoms with E-state index in [2.05, 4.69) is 27.2 Å². The molecule has 2 fully saturated rings. The summed E-state index contributed by atoms with van der Waals surface area (Å²) in [5, 5.41) is 8.75. The minimum absolute atomic E-state index is 0.0703. The summed E-state index contributed by atoms with van der Waals surface area (Å²) in [4.78, 5) is 16.8. The Bertz CT molecular complexity index is 777. The normalized spacial score (nSPS) is 17.3. The summed E-state index contributed by atoms with van der Waals surface area (Å²) in [6.45, 7) is 6.91. The fourth-order valence-corrected chi connectivity index (χ4v) is 3.37. The Morgan fingerprint density at radius 3 is 2.26 bits per heavy atom. The fraction of sp³-hybridized carbons (Fsp3) is 0.476. The van der Waals surface area contributed by atoms with Gasteiger partial charge in [-0.25, -0.2) is 0 Å². The van der Waals surface area contributed by atoms with E-state index in [-0.39, 0.29) is 12.0 Å². The third-order valence-corrected chi connectivity index (χ3v) is 5.03. The molecule has 27 heavy (non-hydrogen) atoms. The molecular weight excluding hydrogens is 340 g/mol. The van der Waals surface area contributed by atoms with Crippen LogP contribution >= 0.6 is 0 Å². The number of hydrogen-bond acceptors (Lipinski definition) is 5. The molecule has 6 heteroatoms. The van der Waals surface area contributed by atoms with E-state index in [1.165, 1.54) is 12.8 Å². The number of rotatable bonds is 5. The van der Waals surface area contributed by atoms with Crippen molar-refractivity contribution in [1.82, 2.24) is 15.1 Å². The van der Waals surface area contributed by atoms with Gasteiger partial charge in [0.15, 0.2) is 5.82 Å². The maximum Gasteiger partial charge on any atom is 0.253 e. The first-order chi connectivity index (χ1) is 13.1. The highest BCUT2D eigenvalue weighted by molar-refractivity contribution is 5.94. The van der Waals surface area contributed by atoms with E-state index in [0.717, 1.165) is 30.4 Å². The number of amides is 1. The van der Waals surface area contributed by atoms with E-state index in [4.69, 9.17) is 4.74 Å². The Morgan fingerprint density at radius 1 is 1.00 bits per heavy atom. The molecule has 142 valence electrons. The van der Waals surface area contributed by atoms with Crippen LogP contribution in [0.15, 0.2) is 36.4 Å². The highest BCUT2D eigenvalue weighted by Crippen LogP contribution is 2.38. The number of carbonyl (C=O) groups is 1. The smallest absolute Gasteiger partial charge is 0.253 e. The first-order valence-corrected chi connectivity index (χ1v) is 9.75. The molecule has 1 amide bonds. The van der Waals surface area contributed by atoms with Gasteiger partial charge in [0, 0.05) is 37.7 Å². The van der Waals surface area contributed by atoms with Gasteiger partial charge >= 0.3 is 0 Å². The molecule has 1 saturated carbocycles. The molecule has 6 nitrogen and oxygen atoms in total. The monoisotopic (exact) mass is 366 g/mol. The summed E-state index contributed by atoms with van der Waals surface area (Å²) in [6.07, 6.45) is 2.60. The van der Waals surface area contributed by atoms with Crippen LogP contribution in [0.4, 0.5) is 5.82 Å². The third-order valence-electron chi connectivity index (χ3n) is 5.03. The topological polar surface area (TPSA) is 58.6 Å². The fourth-order valence-electron chi connectivity index (χ4n) is 3.37. The van der Waals surface area contributed by atoms with Gasteiger partial charge in [-0.05, 0) is 63.1 Å². The van der Waals surface area contributed by atoms with E-state index in [0.29, 0.717) is 24.6 Å². The van der Waals surface area contributed by atoms with E-state index in [1.54, 1.807) is 0 Å². The molecule has 0 spiro atoms. The number of hydrogen-bond donors (Lipinski definition) is 0. The van der Waals surface area contributed by atoms with E-state index in [9.17, 15) is 4.79 Å². The van der Waals surface area contributed by atoms with Crippen molar-refractivity contribution in [2.75, 3.05) is 31.1 Å². The number of ether oxygens (including phenoxy) is 1. The van der Waals surface area contributed by atoms with Gasteiger partial charge in [-0.1, -0.05) is 0 Å². The maximum atomic E-state index is 12.7. The molecule has 4 rings (SSSR count). The maximum absolute atomic E-state index is 12.7. The minimum atomic E-state index is 0.0703. The second-order valence-corrected chi connectivity index (χ2v) is 7.56. The second-order valence-electron chi connectivity index (χ2n) is 7.56. The lowest BCUT2D eigenvalue weighted by Crippen LogP contribution is -2.49. The summed E-state index contributed by atoms with van der Waals surface area (Å²) < 4.78 is 5.64. The van der Waals surface area contributed by atoms with Crippen LogP contribution in [0.5, 0.6) is 5.75 Å². The van der Waals surface area contributed by atoms with Gasteiger partial charge in [-0.2, -0.15) is 5.10 Å². The summed E-state index contributed by atoms with van der Waals surface area (Å²) in [5.74, 6) is 2.39. The zero-order valence-electron chi connectivity index (χ0n) is 16.0. The van der Waals surface area contributed by atoms with E-state index >= 15 is 0 Å². The predicted molar refractivity (Wildman–Crippen MR) is 104 cm³/mol. The van der Waals surface area contributed by atoms with Crippen molar-refractivity contribution in [3.63, 3.8) is 0 Å². The second kappa shape index (κ2) is 7.55. The van der Waals surface area contributed by atoms with Crippen molar-refractivity contribution < 1.29 is 9.53 Å². The molecule has 1 aromatic heterocycles. The Kier molecular flexibility index (Phi) is 4.97. The van der Waals surface area contributed by atoms with Gasteiger partial charge in [0.05, 0.1) is 11.8 Å². The quantitative estimate of drug-likeness (QED) is 0.814. The summed E-state index contributed by atoms with van der Waals surface area (Å²) in [6, 6.07) is 11.6. The Morgan fingerprint density at radius 2 is 1.70 bits per heavy atom. The molecule has 0 radical (unpaired) electrons. The SMILES string of the molecule is CC(C)Oc1ccc(C(=O)N2CCN(c3ccc(C4CC4)nn3)CC2)cc1. The molecule has 2 aromatic rings. The molecule has 0 bridgehead atoms. The molecule has 0 unspecified atom stereocenters. The van der Waals surface area contributed by atoms with Gasteiger partial charge in [0.1, 0.15) is 5.75 Å². The number of benzene rings is 1. The zero-order chi connectivity index (χ0) is 18.8. The first kappa shape index (κ1) is 17.8. The molecule has 0 atom stereocenters. The van der Waals surface area contributed by atoms with Crippen molar-refractivity contribution in [3.8, 4) is 5.75 Å². The number of carbonyl (C=O) groups excluding carboxylic acids is 1. The lowest BCUT2D eigenvalue weighted by atomic mass is 10.1. The number of piperazine rings is 1. The molecule has 1 aliphatic heterocycles. The van der Waals surface area contributed by atoms with Crippen molar-refractivity contribution in [3.05, 3.63) is 47.7 Å². The molecule has 2 aliphatic rings. The van der Waals surface area contributed by atoms with E-state index in [1.807, 2.05) is 43.0 Å². The van der Waals surface area contributed by atoms with Crippen molar-refractivity contribution in [1.29, 1.82) is 0 Å². The lowest BCUT2D eigenvalue weighted by molar-refractivity contribution is 0.0746. The highest BCUT2D eigenvalue weighted by Gasteiger charge is 2.26. The molecule has 1 saturated heterocycles. The predicted octanol–water partition coefficient (Wildman–Crippen LogP) is 3.10. The highest BCUT2D eigenvalue weighted by atomic mass is 16.5. The molecule has 1 aliphatic carbocycles. The van der Waals surface area contributed by atoms with Gasteiger partial charge < -0.3 is 14.5 Å². The van der Waals surface area contributed by atoms with Crippen LogP contribution in [0.25, 0.3) is 0 Å². The van der Waals surface area contributed by atoms with Crippen LogP contribution in [0.2, 0.25) is 0 Å². The third kappa shape index (κ3) is 4.21. The number of anilines is 1. The van der Waals surface area contributed by atoms with Crippen molar-refractivity contribution in [2.45, 2.75) is 38.7 Å². The average molecular weight is 366 g/mol. The zero-order valence-corrected chi connectivity index (χ0v) is 16.0. The molecular formula is C21H26N4O2. The van der Waals surface area contributed by atoms with Crippen LogP contribution < -0.4 is 9.64 Å². The lowest BCUT2D eigenvalue weighted by Gasteiger charge is -2.35. The van der Waals surface area contributed by atoms with Crippen LogP contribution in [-0.2, 0) is 0 Å². The Hall–Kier alpha value is -2.63. The van der Waals surface area contributed by atoms with Gasteiger partial charge in [0.25, 0.3) is 5.91 Å². The van der Waals surface area contributed by atoms with Gasteiger partial charge in [-0.15, -0.1) is 5.10 Å². The Balaban J connectivity index is 1.33. The standard InChI is InChI=1S/C21H26N4O2/c1-15(2)27-18-7-5-17(6-8-18)21(26)25-13-11-24(12-14-25)20-10-9-19(22-23-20)16-3-4-16/h5-10,15-16H,3-4,11-14H2,1-2H3. The van der Waals surface area contributed by atoms with Crippen LogP contribution in [-0.4, -0.2) is 53.3 Å². The van der Waals surface area contributed by atoms with E-state index < -0.39 is 0 Å². The minimum Gasteiger partial charge on any atom is -0.491 e.